The van der Waals surface area contributed by atoms with Crippen LogP contribution in [-0.2, 0) is 6.42 Å². The van der Waals surface area contributed by atoms with Crippen molar-refractivity contribution in [2.45, 2.75) is 13.3 Å². The van der Waals surface area contributed by atoms with Crippen molar-refractivity contribution in [2.24, 2.45) is 0 Å². The third kappa shape index (κ3) is 1.50. The second kappa shape index (κ2) is 3.66. The average molecular weight is 215 g/mol. The third-order valence-corrected chi connectivity index (χ3v) is 2.48. The fourth-order valence-corrected chi connectivity index (χ4v) is 1.83. The van der Waals surface area contributed by atoms with Crippen molar-refractivity contribution in [2.75, 3.05) is 0 Å². The van der Waals surface area contributed by atoms with Crippen molar-refractivity contribution in [1.82, 2.24) is 4.98 Å². The molecule has 0 aliphatic carbocycles. The van der Waals surface area contributed by atoms with Gasteiger partial charge in [-0.3, -0.25) is 10.1 Å². The summed E-state index contributed by atoms with van der Waals surface area (Å²) in [4.78, 5) is 13.5. The number of nitro groups is 1. The third-order valence-electron chi connectivity index (χ3n) is 2.48. The van der Waals surface area contributed by atoms with E-state index in [-0.39, 0.29) is 12.1 Å². The van der Waals surface area contributed by atoms with Crippen LogP contribution in [0.3, 0.4) is 0 Å². The second-order valence-electron chi connectivity index (χ2n) is 3.57. The Morgan fingerprint density at radius 1 is 1.56 bits per heavy atom. The van der Waals surface area contributed by atoms with Crippen LogP contribution in [0.2, 0.25) is 0 Å². The van der Waals surface area contributed by atoms with Crippen LogP contribution in [0.4, 0.5) is 5.69 Å². The molecule has 5 nitrogen and oxygen atoms in total. The monoisotopic (exact) mass is 215 g/mol. The zero-order valence-electron chi connectivity index (χ0n) is 8.65. The van der Waals surface area contributed by atoms with Gasteiger partial charge in [0.1, 0.15) is 0 Å². The molecule has 0 aliphatic heterocycles. The SMILES string of the molecule is Cc1cc2c(CC#N)c([N+](=O)[O-])ccc2[nH]1. The molecule has 1 heterocycles. The summed E-state index contributed by atoms with van der Waals surface area (Å²) < 4.78 is 0. The van der Waals surface area contributed by atoms with Gasteiger partial charge in [0.15, 0.2) is 0 Å². The van der Waals surface area contributed by atoms with E-state index in [0.29, 0.717) is 5.56 Å². The molecular weight excluding hydrogens is 206 g/mol. The van der Waals surface area contributed by atoms with Gasteiger partial charge in [0.05, 0.1) is 23.0 Å². The molecule has 0 fully saturated rings. The van der Waals surface area contributed by atoms with Crippen LogP contribution in [-0.4, -0.2) is 9.91 Å². The summed E-state index contributed by atoms with van der Waals surface area (Å²) >= 11 is 0. The van der Waals surface area contributed by atoms with Crippen LogP contribution < -0.4 is 0 Å². The van der Waals surface area contributed by atoms with E-state index in [2.05, 4.69) is 4.98 Å². The summed E-state index contributed by atoms with van der Waals surface area (Å²) in [6, 6.07) is 6.89. The molecule has 5 heteroatoms. The lowest BCUT2D eigenvalue weighted by atomic mass is 10.1. The van der Waals surface area contributed by atoms with Gasteiger partial charge in [-0.1, -0.05) is 0 Å². The van der Waals surface area contributed by atoms with E-state index in [1.54, 1.807) is 6.07 Å². The number of nitrogens with one attached hydrogen (secondary N) is 1. The first-order valence-corrected chi connectivity index (χ1v) is 4.76. The van der Waals surface area contributed by atoms with Gasteiger partial charge in [-0.25, -0.2) is 0 Å². The predicted octanol–water partition coefficient (Wildman–Crippen LogP) is 2.45. The van der Waals surface area contributed by atoms with Gasteiger partial charge in [-0.2, -0.15) is 5.26 Å². The van der Waals surface area contributed by atoms with Crippen molar-refractivity contribution in [3.63, 3.8) is 0 Å². The minimum Gasteiger partial charge on any atom is -0.359 e. The molecule has 1 N–H and O–H groups in total. The van der Waals surface area contributed by atoms with E-state index in [0.717, 1.165) is 16.6 Å². The lowest BCUT2D eigenvalue weighted by Crippen LogP contribution is -1.95. The maximum Gasteiger partial charge on any atom is 0.274 e. The molecule has 0 amide bonds. The molecule has 2 aromatic rings. The number of rotatable bonds is 2. The normalized spacial score (nSPS) is 10.2. The molecular formula is C11H9N3O2. The number of fused-ring (bicyclic) bond motifs is 1. The van der Waals surface area contributed by atoms with Crippen molar-refractivity contribution >= 4 is 16.6 Å². The van der Waals surface area contributed by atoms with E-state index >= 15 is 0 Å². The smallest absolute Gasteiger partial charge is 0.274 e. The van der Waals surface area contributed by atoms with Crippen molar-refractivity contribution in [3.05, 3.63) is 39.6 Å². The van der Waals surface area contributed by atoms with E-state index in [1.807, 2.05) is 19.1 Å². The van der Waals surface area contributed by atoms with E-state index in [9.17, 15) is 10.1 Å². The lowest BCUT2D eigenvalue weighted by molar-refractivity contribution is -0.385. The molecule has 0 spiro atoms. The fourth-order valence-electron chi connectivity index (χ4n) is 1.83. The van der Waals surface area contributed by atoms with Crippen molar-refractivity contribution in [1.29, 1.82) is 5.26 Å². The Hall–Kier alpha value is -2.35. The molecule has 0 saturated carbocycles. The molecule has 0 aliphatic rings. The summed E-state index contributed by atoms with van der Waals surface area (Å²) in [5.41, 5.74) is 2.24. The highest BCUT2D eigenvalue weighted by molar-refractivity contribution is 5.87. The minimum atomic E-state index is -0.450. The Kier molecular flexibility index (Phi) is 2.33. The zero-order valence-corrected chi connectivity index (χ0v) is 8.65. The van der Waals surface area contributed by atoms with Crippen LogP contribution >= 0.6 is 0 Å². The van der Waals surface area contributed by atoms with Gasteiger partial charge in [0.25, 0.3) is 5.69 Å². The van der Waals surface area contributed by atoms with Crippen molar-refractivity contribution < 1.29 is 4.92 Å². The number of nitro benzene ring substituents is 1. The van der Waals surface area contributed by atoms with Gasteiger partial charge >= 0.3 is 0 Å². The predicted molar refractivity (Wildman–Crippen MR) is 59.0 cm³/mol. The number of hydrogen-bond acceptors (Lipinski definition) is 3. The number of hydrogen-bond donors (Lipinski definition) is 1. The quantitative estimate of drug-likeness (QED) is 0.616. The maximum absolute atomic E-state index is 10.8. The van der Waals surface area contributed by atoms with Crippen LogP contribution in [0.15, 0.2) is 18.2 Å². The summed E-state index contributed by atoms with van der Waals surface area (Å²) in [5.74, 6) is 0. The Bertz CT molecular complexity index is 607. The Labute approximate surface area is 91.5 Å². The van der Waals surface area contributed by atoms with Crippen LogP contribution in [0.25, 0.3) is 10.9 Å². The first-order chi connectivity index (χ1) is 7.63. The molecule has 1 aromatic carbocycles. The number of aromatic amines is 1. The molecule has 16 heavy (non-hydrogen) atoms. The molecule has 1 aromatic heterocycles. The van der Waals surface area contributed by atoms with Gasteiger partial charge in [0, 0.05) is 22.7 Å². The maximum atomic E-state index is 10.8. The molecule has 0 unspecified atom stereocenters. The van der Waals surface area contributed by atoms with E-state index in [4.69, 9.17) is 5.26 Å². The highest BCUT2D eigenvalue weighted by Crippen LogP contribution is 2.28. The summed E-state index contributed by atoms with van der Waals surface area (Å²) in [6.07, 6.45) is 0.0466. The zero-order chi connectivity index (χ0) is 11.7. The standard InChI is InChI=1S/C11H9N3O2/c1-7-6-9-8(4-5-12)11(14(15)16)3-2-10(9)13-7/h2-3,6,13H,4H2,1H3. The summed E-state index contributed by atoms with van der Waals surface area (Å²) in [7, 11) is 0. The largest absolute Gasteiger partial charge is 0.359 e. The molecule has 0 saturated heterocycles. The molecule has 80 valence electrons. The molecule has 0 bridgehead atoms. The van der Waals surface area contributed by atoms with Gasteiger partial charge < -0.3 is 4.98 Å². The number of nitrogens with zero attached hydrogens (tertiary/aromatic N) is 2. The molecule has 0 atom stereocenters. The number of nitriles is 1. The van der Waals surface area contributed by atoms with Crippen LogP contribution in [0, 0.1) is 28.4 Å². The number of aromatic nitrogens is 1. The lowest BCUT2D eigenvalue weighted by Gasteiger charge is -1.99. The Morgan fingerprint density at radius 2 is 2.31 bits per heavy atom. The minimum absolute atomic E-state index is 0.00745. The second-order valence-corrected chi connectivity index (χ2v) is 3.57. The van der Waals surface area contributed by atoms with E-state index in [1.165, 1.54) is 6.07 Å². The Balaban J connectivity index is 2.78. The highest BCUT2D eigenvalue weighted by Gasteiger charge is 2.17. The van der Waals surface area contributed by atoms with Crippen LogP contribution in [0.5, 0.6) is 0 Å². The van der Waals surface area contributed by atoms with E-state index < -0.39 is 4.92 Å². The number of aryl methyl sites for hydroxylation is 1. The van der Waals surface area contributed by atoms with Gasteiger partial charge in [-0.05, 0) is 19.1 Å². The first kappa shape index (κ1) is 10.2. The fraction of sp³-hybridized carbons (Fsp3) is 0.182. The van der Waals surface area contributed by atoms with Crippen LogP contribution in [0.1, 0.15) is 11.3 Å². The van der Waals surface area contributed by atoms with Crippen molar-refractivity contribution in [3.8, 4) is 6.07 Å². The Morgan fingerprint density at radius 3 is 2.94 bits per heavy atom. The van der Waals surface area contributed by atoms with Gasteiger partial charge in [0.2, 0.25) is 0 Å². The molecule has 2 rings (SSSR count). The highest BCUT2D eigenvalue weighted by atomic mass is 16.6. The number of H-pyrrole nitrogens is 1. The first-order valence-electron chi connectivity index (χ1n) is 4.76. The summed E-state index contributed by atoms with van der Waals surface area (Å²) in [5, 5.41) is 20.3. The topological polar surface area (TPSA) is 82.7 Å². The average Bonchev–Trinajstić information content (AvgIpc) is 2.59. The summed E-state index contributed by atoms with van der Waals surface area (Å²) in [6.45, 7) is 1.88. The van der Waals surface area contributed by atoms with Gasteiger partial charge in [-0.15, -0.1) is 0 Å². The molecule has 0 radical (unpaired) electrons. The number of benzene rings is 1.